The van der Waals surface area contributed by atoms with E-state index in [0.717, 1.165) is 32.3 Å². The summed E-state index contributed by atoms with van der Waals surface area (Å²) in [6, 6.07) is 6.86. The van der Waals surface area contributed by atoms with Crippen LogP contribution in [0.1, 0.15) is 25.7 Å². The summed E-state index contributed by atoms with van der Waals surface area (Å²) < 4.78 is 16.3. The summed E-state index contributed by atoms with van der Waals surface area (Å²) in [6.45, 7) is 1.51. The Morgan fingerprint density at radius 1 is 1.19 bits per heavy atom. The van der Waals surface area contributed by atoms with E-state index in [2.05, 4.69) is 0 Å². The molecule has 0 amide bonds. The van der Waals surface area contributed by atoms with Crippen LogP contribution in [0.2, 0.25) is 5.02 Å². The minimum Gasteiger partial charge on any atom is -0.426 e. The molecule has 1 saturated heterocycles. The Kier molecular flexibility index (Phi) is 4.78. The lowest BCUT2D eigenvalue weighted by Crippen LogP contribution is -2.29. The number of ether oxygens (including phenoxy) is 3. The van der Waals surface area contributed by atoms with Gasteiger partial charge in [-0.3, -0.25) is 4.79 Å². The lowest BCUT2D eigenvalue weighted by molar-refractivity contribution is -0.141. The van der Waals surface area contributed by atoms with E-state index in [1.807, 2.05) is 0 Å². The molecule has 1 atom stereocenters. The Bertz CT molecular complexity index is 476. The van der Waals surface area contributed by atoms with Crippen LogP contribution < -0.4 is 4.74 Å². The Morgan fingerprint density at radius 2 is 1.86 bits per heavy atom. The fraction of sp³-hybridized carbons (Fsp3) is 0.562. The third-order valence-electron chi connectivity index (χ3n) is 3.96. The van der Waals surface area contributed by atoms with Gasteiger partial charge in [0.05, 0.1) is 25.2 Å². The van der Waals surface area contributed by atoms with Crippen molar-refractivity contribution in [3.63, 3.8) is 0 Å². The van der Waals surface area contributed by atoms with Gasteiger partial charge in [0.25, 0.3) is 0 Å². The highest BCUT2D eigenvalue weighted by Gasteiger charge is 2.30. The Labute approximate surface area is 129 Å². The number of halogens is 1. The minimum absolute atomic E-state index is 0.0299. The molecule has 2 aliphatic rings. The first kappa shape index (κ1) is 14.8. The lowest BCUT2D eigenvalue weighted by Gasteiger charge is -2.27. The quantitative estimate of drug-likeness (QED) is 0.476. The predicted molar refractivity (Wildman–Crippen MR) is 78.5 cm³/mol. The zero-order chi connectivity index (χ0) is 14.7. The topological polar surface area (TPSA) is 48.1 Å². The first-order chi connectivity index (χ1) is 10.2. The lowest BCUT2D eigenvalue weighted by atomic mass is 9.87. The van der Waals surface area contributed by atoms with Crippen LogP contribution in [0.3, 0.4) is 0 Å². The molecule has 1 unspecified atom stereocenters. The number of epoxide rings is 1. The first-order valence-electron chi connectivity index (χ1n) is 7.41. The molecule has 1 aliphatic carbocycles. The van der Waals surface area contributed by atoms with Crippen molar-refractivity contribution < 1.29 is 19.0 Å². The molecule has 0 spiro atoms. The molecule has 4 nitrogen and oxygen atoms in total. The van der Waals surface area contributed by atoms with Gasteiger partial charge in [-0.25, -0.2) is 0 Å². The van der Waals surface area contributed by atoms with Gasteiger partial charge in [0.15, 0.2) is 0 Å². The standard InChI is InChI=1S/C16H19ClO4/c17-12-3-7-14(8-4-12)21-16(18)11-1-5-13(6-2-11)19-9-15-10-20-15/h3-4,7-8,11,13,15H,1-2,5-6,9-10H2. The first-order valence-corrected chi connectivity index (χ1v) is 7.79. The van der Waals surface area contributed by atoms with Crippen molar-refractivity contribution in [3.05, 3.63) is 29.3 Å². The molecule has 0 aromatic heterocycles. The zero-order valence-corrected chi connectivity index (χ0v) is 12.6. The molecule has 1 aromatic rings. The van der Waals surface area contributed by atoms with Crippen molar-refractivity contribution in [1.29, 1.82) is 0 Å². The maximum absolute atomic E-state index is 12.1. The van der Waals surface area contributed by atoms with E-state index in [-0.39, 0.29) is 18.0 Å². The Balaban J connectivity index is 1.42. The number of benzene rings is 1. The van der Waals surface area contributed by atoms with Gasteiger partial charge in [0.1, 0.15) is 11.9 Å². The van der Waals surface area contributed by atoms with Gasteiger partial charge in [0, 0.05) is 5.02 Å². The van der Waals surface area contributed by atoms with Gasteiger partial charge in [-0.15, -0.1) is 0 Å². The molecule has 1 aromatic carbocycles. The Hall–Kier alpha value is -1.10. The van der Waals surface area contributed by atoms with Gasteiger partial charge in [-0.05, 0) is 49.9 Å². The number of carbonyl (C=O) groups excluding carboxylic acids is 1. The van der Waals surface area contributed by atoms with Crippen molar-refractivity contribution >= 4 is 17.6 Å². The van der Waals surface area contributed by atoms with Crippen molar-refractivity contribution in [2.24, 2.45) is 5.92 Å². The molecule has 3 rings (SSSR count). The SMILES string of the molecule is O=C(Oc1ccc(Cl)cc1)C1CCC(OCC2CO2)CC1. The fourth-order valence-corrected chi connectivity index (χ4v) is 2.70. The summed E-state index contributed by atoms with van der Waals surface area (Å²) in [6.07, 6.45) is 4.03. The van der Waals surface area contributed by atoms with Crippen LogP contribution in [0.5, 0.6) is 5.75 Å². The molecule has 2 fully saturated rings. The number of carbonyl (C=O) groups is 1. The van der Waals surface area contributed by atoms with E-state index >= 15 is 0 Å². The van der Waals surface area contributed by atoms with Crippen LogP contribution in [0.25, 0.3) is 0 Å². The van der Waals surface area contributed by atoms with Crippen LogP contribution in [0.15, 0.2) is 24.3 Å². The summed E-state index contributed by atoms with van der Waals surface area (Å²) in [5, 5.41) is 0.632. The summed E-state index contributed by atoms with van der Waals surface area (Å²) >= 11 is 5.81. The average molecular weight is 311 g/mol. The van der Waals surface area contributed by atoms with E-state index in [1.54, 1.807) is 24.3 Å². The molecular formula is C16H19ClO4. The molecule has 5 heteroatoms. The Morgan fingerprint density at radius 3 is 2.48 bits per heavy atom. The second-order valence-electron chi connectivity index (χ2n) is 5.64. The largest absolute Gasteiger partial charge is 0.426 e. The predicted octanol–water partition coefficient (Wildman–Crippen LogP) is 3.22. The molecule has 0 N–H and O–H groups in total. The molecule has 1 saturated carbocycles. The number of hydrogen-bond donors (Lipinski definition) is 0. The van der Waals surface area contributed by atoms with Crippen LogP contribution >= 0.6 is 11.6 Å². The number of esters is 1. The van der Waals surface area contributed by atoms with Crippen LogP contribution in [0.4, 0.5) is 0 Å². The van der Waals surface area contributed by atoms with E-state index < -0.39 is 0 Å². The fourth-order valence-electron chi connectivity index (χ4n) is 2.57. The summed E-state index contributed by atoms with van der Waals surface area (Å²) in [5.41, 5.74) is 0. The van der Waals surface area contributed by atoms with Crippen molar-refractivity contribution in [1.82, 2.24) is 0 Å². The van der Waals surface area contributed by atoms with E-state index in [9.17, 15) is 4.79 Å². The number of rotatable bonds is 5. The van der Waals surface area contributed by atoms with Crippen LogP contribution in [0, 0.1) is 5.92 Å². The molecule has 21 heavy (non-hydrogen) atoms. The normalized spacial score (nSPS) is 28.1. The highest BCUT2D eigenvalue weighted by atomic mass is 35.5. The van der Waals surface area contributed by atoms with Crippen LogP contribution in [-0.2, 0) is 14.3 Å². The van der Waals surface area contributed by atoms with Gasteiger partial charge in [-0.2, -0.15) is 0 Å². The van der Waals surface area contributed by atoms with Gasteiger partial charge >= 0.3 is 5.97 Å². The van der Waals surface area contributed by atoms with Crippen molar-refractivity contribution in [3.8, 4) is 5.75 Å². The second kappa shape index (κ2) is 6.77. The van der Waals surface area contributed by atoms with Crippen molar-refractivity contribution in [2.75, 3.05) is 13.2 Å². The third-order valence-corrected chi connectivity index (χ3v) is 4.21. The molecule has 1 heterocycles. The summed E-state index contributed by atoms with van der Waals surface area (Å²) in [7, 11) is 0. The second-order valence-corrected chi connectivity index (χ2v) is 6.07. The van der Waals surface area contributed by atoms with Gasteiger partial charge < -0.3 is 14.2 Å². The maximum atomic E-state index is 12.1. The van der Waals surface area contributed by atoms with Gasteiger partial charge in [-0.1, -0.05) is 11.6 Å². The average Bonchev–Trinajstić information content (AvgIpc) is 3.32. The zero-order valence-electron chi connectivity index (χ0n) is 11.8. The molecule has 1 aliphatic heterocycles. The van der Waals surface area contributed by atoms with E-state index in [1.165, 1.54) is 0 Å². The monoisotopic (exact) mass is 310 g/mol. The van der Waals surface area contributed by atoms with E-state index in [4.69, 9.17) is 25.8 Å². The minimum atomic E-state index is -0.152. The number of hydrogen-bond acceptors (Lipinski definition) is 4. The van der Waals surface area contributed by atoms with Gasteiger partial charge in [0.2, 0.25) is 0 Å². The highest BCUT2D eigenvalue weighted by molar-refractivity contribution is 6.30. The summed E-state index contributed by atoms with van der Waals surface area (Å²) in [4.78, 5) is 12.1. The summed E-state index contributed by atoms with van der Waals surface area (Å²) in [5.74, 6) is 0.368. The highest BCUT2D eigenvalue weighted by Crippen LogP contribution is 2.28. The smallest absolute Gasteiger partial charge is 0.314 e. The molecule has 114 valence electrons. The van der Waals surface area contributed by atoms with Crippen LogP contribution in [-0.4, -0.2) is 31.4 Å². The molecular weight excluding hydrogens is 292 g/mol. The third kappa shape index (κ3) is 4.43. The molecule has 0 bridgehead atoms. The molecule has 0 radical (unpaired) electrons. The van der Waals surface area contributed by atoms with E-state index in [0.29, 0.717) is 23.5 Å². The van der Waals surface area contributed by atoms with Crippen molar-refractivity contribution in [2.45, 2.75) is 37.9 Å². The maximum Gasteiger partial charge on any atom is 0.314 e.